The van der Waals surface area contributed by atoms with Crippen molar-refractivity contribution >= 4 is 11.9 Å². The van der Waals surface area contributed by atoms with E-state index in [2.05, 4.69) is 0 Å². The molecule has 0 bridgehead atoms. The van der Waals surface area contributed by atoms with Crippen molar-refractivity contribution < 1.29 is 14.7 Å². The van der Waals surface area contributed by atoms with Crippen molar-refractivity contribution in [2.75, 3.05) is 13.1 Å². The lowest BCUT2D eigenvalue weighted by Crippen LogP contribution is -2.30. The fraction of sp³-hybridized carbons (Fsp3) is 0.778. The molecule has 0 aromatic rings. The van der Waals surface area contributed by atoms with Gasteiger partial charge in [-0.2, -0.15) is 0 Å². The van der Waals surface area contributed by atoms with Gasteiger partial charge >= 0.3 is 5.97 Å². The standard InChI is InChI=1S/C9H13NO3/c11-8(12)3-4-10-5-6-1-2-7(6)9(10)13/h6-7H,1-5H2,(H,11,12). The Balaban J connectivity index is 1.87. The molecular formula is C9H13NO3. The molecule has 1 amide bonds. The predicted octanol–water partition coefficient (Wildman–Crippen LogP) is 0.329. The molecular weight excluding hydrogens is 170 g/mol. The maximum atomic E-state index is 11.5. The molecule has 2 unspecified atom stereocenters. The van der Waals surface area contributed by atoms with Crippen LogP contribution in [0.15, 0.2) is 0 Å². The third-order valence-electron chi connectivity index (χ3n) is 3.10. The molecule has 0 radical (unpaired) electrons. The summed E-state index contributed by atoms with van der Waals surface area (Å²) in [6, 6.07) is 0. The van der Waals surface area contributed by atoms with Crippen molar-refractivity contribution in [2.45, 2.75) is 19.3 Å². The van der Waals surface area contributed by atoms with Crippen LogP contribution in [0.5, 0.6) is 0 Å². The highest BCUT2D eigenvalue weighted by atomic mass is 16.4. The fourth-order valence-electron chi connectivity index (χ4n) is 2.15. The normalized spacial score (nSPS) is 31.4. The van der Waals surface area contributed by atoms with Gasteiger partial charge in [-0.25, -0.2) is 0 Å². The molecule has 1 aliphatic heterocycles. The minimum absolute atomic E-state index is 0.0746. The van der Waals surface area contributed by atoms with Crippen molar-refractivity contribution in [3.8, 4) is 0 Å². The SMILES string of the molecule is O=C(O)CCN1CC2CCC2C1=O. The number of carboxylic acid groups (broad SMARTS) is 1. The summed E-state index contributed by atoms with van der Waals surface area (Å²) in [5.41, 5.74) is 0. The molecule has 0 aromatic heterocycles. The first kappa shape index (κ1) is 8.53. The van der Waals surface area contributed by atoms with E-state index in [1.165, 1.54) is 0 Å². The molecule has 2 atom stereocenters. The number of hydrogen-bond donors (Lipinski definition) is 1. The number of nitrogens with zero attached hydrogens (tertiary/aromatic N) is 1. The van der Waals surface area contributed by atoms with Crippen molar-refractivity contribution in [2.24, 2.45) is 11.8 Å². The third kappa shape index (κ3) is 1.41. The summed E-state index contributed by atoms with van der Waals surface area (Å²) in [6.45, 7) is 1.18. The van der Waals surface area contributed by atoms with Gasteiger partial charge in [-0.3, -0.25) is 9.59 Å². The summed E-state index contributed by atoms with van der Waals surface area (Å²) >= 11 is 0. The van der Waals surface area contributed by atoms with Gasteiger partial charge in [0.25, 0.3) is 0 Å². The summed E-state index contributed by atoms with van der Waals surface area (Å²) in [6.07, 6.45) is 2.22. The zero-order chi connectivity index (χ0) is 9.42. The number of rotatable bonds is 3. The van der Waals surface area contributed by atoms with Crippen LogP contribution in [0.1, 0.15) is 19.3 Å². The van der Waals surface area contributed by atoms with Crippen LogP contribution in [0.25, 0.3) is 0 Å². The lowest BCUT2D eigenvalue weighted by molar-refractivity contribution is -0.138. The second-order valence-corrected chi connectivity index (χ2v) is 3.87. The summed E-state index contributed by atoms with van der Waals surface area (Å²) in [7, 11) is 0. The topological polar surface area (TPSA) is 57.6 Å². The molecule has 4 heteroatoms. The Morgan fingerprint density at radius 1 is 1.54 bits per heavy atom. The van der Waals surface area contributed by atoms with Gasteiger partial charge in [-0.15, -0.1) is 0 Å². The Labute approximate surface area is 76.5 Å². The lowest BCUT2D eigenvalue weighted by Gasteiger charge is -2.25. The minimum Gasteiger partial charge on any atom is -0.481 e. The average molecular weight is 183 g/mol. The largest absolute Gasteiger partial charge is 0.481 e. The number of amides is 1. The van der Waals surface area contributed by atoms with E-state index in [4.69, 9.17) is 5.11 Å². The summed E-state index contributed by atoms with van der Waals surface area (Å²) in [5.74, 6) is 0.111. The number of fused-ring (bicyclic) bond motifs is 1. The maximum absolute atomic E-state index is 11.5. The smallest absolute Gasteiger partial charge is 0.305 e. The number of likely N-dealkylation sites (tertiary alicyclic amines) is 1. The maximum Gasteiger partial charge on any atom is 0.305 e. The van der Waals surface area contributed by atoms with Crippen molar-refractivity contribution in [1.82, 2.24) is 4.90 Å². The van der Waals surface area contributed by atoms with Crippen LogP contribution < -0.4 is 0 Å². The van der Waals surface area contributed by atoms with Crippen LogP contribution in [0.4, 0.5) is 0 Å². The zero-order valence-electron chi connectivity index (χ0n) is 7.40. The molecule has 0 aromatic carbocycles. The van der Waals surface area contributed by atoms with Crippen LogP contribution in [0.2, 0.25) is 0 Å². The minimum atomic E-state index is -0.827. The van der Waals surface area contributed by atoms with E-state index in [0.29, 0.717) is 12.5 Å². The van der Waals surface area contributed by atoms with Crippen molar-refractivity contribution in [3.63, 3.8) is 0 Å². The number of carbonyl (C=O) groups excluding carboxylic acids is 1. The molecule has 72 valence electrons. The number of hydrogen-bond acceptors (Lipinski definition) is 2. The molecule has 0 spiro atoms. The van der Waals surface area contributed by atoms with Crippen LogP contribution >= 0.6 is 0 Å². The Morgan fingerprint density at radius 3 is 2.69 bits per heavy atom. The molecule has 1 saturated carbocycles. The van der Waals surface area contributed by atoms with E-state index in [-0.39, 0.29) is 18.2 Å². The van der Waals surface area contributed by atoms with Gasteiger partial charge in [0.15, 0.2) is 0 Å². The predicted molar refractivity (Wildman–Crippen MR) is 45.0 cm³/mol. The second kappa shape index (κ2) is 3.01. The van der Waals surface area contributed by atoms with E-state index in [1.54, 1.807) is 4.90 Å². The van der Waals surface area contributed by atoms with Crippen LogP contribution in [0.3, 0.4) is 0 Å². The van der Waals surface area contributed by atoms with E-state index in [9.17, 15) is 9.59 Å². The molecule has 1 saturated heterocycles. The number of carboxylic acids is 1. The van der Waals surface area contributed by atoms with Gasteiger partial charge in [0.2, 0.25) is 5.91 Å². The van der Waals surface area contributed by atoms with Gasteiger partial charge in [-0.05, 0) is 18.8 Å². The molecule has 2 aliphatic rings. The van der Waals surface area contributed by atoms with E-state index < -0.39 is 5.97 Å². The molecule has 2 rings (SSSR count). The van der Waals surface area contributed by atoms with Crippen molar-refractivity contribution in [1.29, 1.82) is 0 Å². The summed E-state index contributed by atoms with van der Waals surface area (Å²) < 4.78 is 0. The second-order valence-electron chi connectivity index (χ2n) is 3.87. The molecule has 2 fully saturated rings. The zero-order valence-corrected chi connectivity index (χ0v) is 7.40. The highest BCUT2D eigenvalue weighted by molar-refractivity contribution is 5.82. The first-order valence-electron chi connectivity index (χ1n) is 4.69. The van der Waals surface area contributed by atoms with Crippen LogP contribution in [0, 0.1) is 11.8 Å². The van der Waals surface area contributed by atoms with Gasteiger partial charge < -0.3 is 10.0 Å². The van der Waals surface area contributed by atoms with Gasteiger partial charge in [0, 0.05) is 19.0 Å². The quantitative estimate of drug-likeness (QED) is 0.686. The highest BCUT2D eigenvalue weighted by Crippen LogP contribution is 2.41. The Hall–Kier alpha value is -1.06. The van der Waals surface area contributed by atoms with E-state index in [0.717, 1.165) is 19.4 Å². The van der Waals surface area contributed by atoms with E-state index >= 15 is 0 Å². The third-order valence-corrected chi connectivity index (χ3v) is 3.10. The fourth-order valence-corrected chi connectivity index (χ4v) is 2.15. The monoisotopic (exact) mass is 183 g/mol. The van der Waals surface area contributed by atoms with Gasteiger partial charge in [0.05, 0.1) is 6.42 Å². The van der Waals surface area contributed by atoms with Crippen molar-refractivity contribution in [3.05, 3.63) is 0 Å². The molecule has 1 aliphatic carbocycles. The number of aliphatic carboxylic acids is 1. The Kier molecular flexibility index (Phi) is 1.98. The number of carbonyl (C=O) groups is 2. The van der Waals surface area contributed by atoms with E-state index in [1.807, 2.05) is 0 Å². The first-order chi connectivity index (χ1) is 6.18. The molecule has 1 N–H and O–H groups in total. The average Bonchev–Trinajstić information content (AvgIpc) is 2.20. The first-order valence-corrected chi connectivity index (χ1v) is 4.69. The Bertz CT molecular complexity index is 251. The van der Waals surface area contributed by atoms with Gasteiger partial charge in [0.1, 0.15) is 0 Å². The van der Waals surface area contributed by atoms with Gasteiger partial charge in [-0.1, -0.05) is 0 Å². The lowest BCUT2D eigenvalue weighted by atomic mass is 9.76. The highest BCUT2D eigenvalue weighted by Gasteiger charge is 2.45. The molecule has 1 heterocycles. The summed E-state index contributed by atoms with van der Waals surface area (Å²) in [5, 5.41) is 8.47. The molecule has 13 heavy (non-hydrogen) atoms. The Morgan fingerprint density at radius 2 is 2.31 bits per heavy atom. The summed E-state index contributed by atoms with van der Waals surface area (Å²) in [4.78, 5) is 23.5. The van der Waals surface area contributed by atoms with Crippen LogP contribution in [-0.4, -0.2) is 35.0 Å². The van der Waals surface area contributed by atoms with Crippen LogP contribution in [-0.2, 0) is 9.59 Å². The molecule has 4 nitrogen and oxygen atoms in total.